The maximum atomic E-state index is 6.76. The molecule has 6 heterocycles. The molecule has 6 aliphatic rings. The Morgan fingerprint density at radius 1 is 0.147 bits per heavy atom. The van der Waals surface area contributed by atoms with Gasteiger partial charge in [0.2, 0.25) is 0 Å². The van der Waals surface area contributed by atoms with Crippen LogP contribution in [0.4, 0.5) is 0 Å². The van der Waals surface area contributed by atoms with E-state index in [9.17, 15) is 0 Å². The molecule has 0 fully saturated rings. The van der Waals surface area contributed by atoms with Gasteiger partial charge < -0.3 is 14.2 Å². The summed E-state index contributed by atoms with van der Waals surface area (Å²) in [5.41, 5.74) is 41.7. The van der Waals surface area contributed by atoms with Crippen LogP contribution < -0.4 is 14.2 Å². The van der Waals surface area contributed by atoms with Crippen LogP contribution in [0.15, 0.2) is 534 Å². The normalized spacial score (nSPS) is 13.3. The zero-order valence-corrected chi connectivity index (χ0v) is 81.2. The lowest BCUT2D eigenvalue weighted by Gasteiger charge is -2.39. The second-order valence-electron chi connectivity index (χ2n) is 39.1. The third-order valence-corrected chi connectivity index (χ3v) is 31.3. The highest BCUT2D eigenvalue weighted by atomic mass is 16.5. The van der Waals surface area contributed by atoms with E-state index in [0.717, 1.165) is 157 Å². The third kappa shape index (κ3) is 13.9. The lowest BCUT2D eigenvalue weighted by Crippen LogP contribution is -2.32. The van der Waals surface area contributed by atoms with Crippen LogP contribution in [0.25, 0.3) is 178 Å². The van der Waals surface area contributed by atoms with Crippen LogP contribution in [0, 0.1) is 0 Å². The summed E-state index contributed by atoms with van der Waals surface area (Å²) in [5, 5.41) is 13.4. The second-order valence-corrected chi connectivity index (χ2v) is 39.1. The predicted molar refractivity (Wildman–Crippen MR) is 605 cm³/mol. The Hall–Kier alpha value is -19.7. The molecule has 9 nitrogen and oxygen atoms in total. The first-order valence-electron chi connectivity index (χ1n) is 51.1. The molecule has 0 radical (unpaired) electrons. The Morgan fingerprint density at radius 2 is 0.400 bits per heavy atom. The highest BCUT2D eigenvalue weighted by molar-refractivity contribution is 6.05. The second kappa shape index (κ2) is 35.4. The highest BCUT2D eigenvalue weighted by Gasteiger charge is 2.55. The minimum absolute atomic E-state index is 0.440. The van der Waals surface area contributed by atoms with Crippen molar-refractivity contribution in [2.75, 3.05) is 0 Å². The van der Waals surface area contributed by atoms with Gasteiger partial charge in [0.1, 0.15) is 34.5 Å². The van der Waals surface area contributed by atoms with E-state index in [0.29, 0.717) is 11.6 Å². The maximum Gasteiger partial charge on any atom is 0.160 e. The lowest BCUT2D eigenvalue weighted by atomic mass is 9.66. The Bertz CT molecular complexity index is 9590. The third-order valence-electron chi connectivity index (χ3n) is 31.3. The van der Waals surface area contributed by atoms with Crippen LogP contribution >= 0.6 is 0 Å². The summed E-state index contributed by atoms with van der Waals surface area (Å²) in [4.78, 5) is 20.5. The van der Waals surface area contributed by atoms with Crippen molar-refractivity contribution in [2.45, 2.75) is 16.2 Å². The van der Waals surface area contributed by atoms with E-state index >= 15 is 0 Å². The van der Waals surface area contributed by atoms with Crippen molar-refractivity contribution in [3.63, 3.8) is 0 Å². The molecule has 150 heavy (non-hydrogen) atoms. The van der Waals surface area contributed by atoms with E-state index in [1.54, 1.807) is 0 Å². The molecule has 0 bridgehead atoms. The summed E-state index contributed by atoms with van der Waals surface area (Å²) in [5.74, 6) is 6.74. The van der Waals surface area contributed by atoms with Crippen LogP contribution in [0.5, 0.6) is 34.5 Å². The number of fused-ring (bicyclic) bond motifs is 30. The molecule has 700 valence electrons. The molecule has 0 atom stereocenters. The fourth-order valence-corrected chi connectivity index (χ4v) is 24.5. The highest BCUT2D eigenvalue weighted by Crippen LogP contribution is 2.67. The first-order chi connectivity index (χ1) is 74.3. The van der Waals surface area contributed by atoms with Crippen LogP contribution in [0.1, 0.15) is 66.8 Å². The van der Waals surface area contributed by atoms with E-state index in [2.05, 4.69) is 483 Å². The number of hydrogen-bond acceptors (Lipinski definition) is 9. The van der Waals surface area contributed by atoms with Crippen molar-refractivity contribution in [2.24, 2.45) is 0 Å². The smallest absolute Gasteiger partial charge is 0.160 e. The number of rotatable bonds is 10. The molecule has 3 aliphatic carbocycles. The quantitative estimate of drug-likeness (QED) is 0.132. The molecule has 0 saturated heterocycles. The summed E-state index contributed by atoms with van der Waals surface area (Å²) in [7, 11) is 0. The van der Waals surface area contributed by atoms with Crippen LogP contribution in [-0.2, 0) is 16.2 Å². The fourth-order valence-electron chi connectivity index (χ4n) is 24.5. The van der Waals surface area contributed by atoms with Gasteiger partial charge in [-0.15, -0.1) is 10.2 Å². The molecular weight excluding hydrogens is 1830 g/mol. The van der Waals surface area contributed by atoms with Gasteiger partial charge in [0.15, 0.2) is 11.6 Å². The molecule has 3 spiro atoms. The number of hydrogen-bond donors (Lipinski definition) is 0. The molecule has 0 saturated carbocycles. The van der Waals surface area contributed by atoms with Gasteiger partial charge in [-0.1, -0.05) is 473 Å². The summed E-state index contributed by atoms with van der Waals surface area (Å²) >= 11 is 0. The molecule has 31 rings (SSSR count). The number of aromatic nitrogens is 6. The first kappa shape index (κ1) is 86.9. The van der Waals surface area contributed by atoms with Gasteiger partial charge >= 0.3 is 0 Å². The monoisotopic (exact) mass is 1910 g/mol. The van der Waals surface area contributed by atoms with E-state index in [1.807, 2.05) is 60.7 Å². The topological polar surface area (TPSA) is 105 Å². The van der Waals surface area contributed by atoms with Gasteiger partial charge in [0, 0.05) is 77.5 Å². The van der Waals surface area contributed by atoms with E-state index in [4.69, 9.17) is 34.1 Å². The minimum atomic E-state index is -0.466. The van der Waals surface area contributed by atoms with Gasteiger partial charge in [-0.2, -0.15) is 0 Å². The zero-order chi connectivity index (χ0) is 99.0. The van der Waals surface area contributed by atoms with Crippen molar-refractivity contribution in [1.82, 2.24) is 30.1 Å². The van der Waals surface area contributed by atoms with E-state index in [1.165, 1.54) is 111 Å². The number of benzene rings is 22. The van der Waals surface area contributed by atoms with Crippen LogP contribution in [0.3, 0.4) is 0 Å². The Kier molecular flexibility index (Phi) is 20.5. The van der Waals surface area contributed by atoms with Gasteiger partial charge in [-0.25, -0.2) is 19.9 Å². The standard InChI is InChI=1S/C51H32N2O.C49H30N2O.C41H26N2O/c1-2-12-33(13-3-1)34-22-26-36(27-23-34)49-41-16-6-10-20-46(41)52-50(53-49)37-28-24-35(25-29-37)38-30-31-45-48(32-38)54-47-21-11-9-19-44(47)51(45)42-17-7-4-14-39(42)40-15-5-8-18-43(40)51;1-2-14-35-32(12-1)13-11-18-38(35)47-39-17-5-9-22-44(39)50-48(51-47)33-26-24-31(25-27-33)34-28-29-43-46(30-34)52-45-23-10-8-21-42(45)49(43)40-19-6-3-15-36(40)37-16-4-7-20-41(37)49;1-2-10-28(11-3-1)37-24-25-38(43-42-37)29-20-18-27(19-21-29)30-22-23-36-40(26-30)44-39-17-9-8-16-35(39)41(36)33-14-6-4-12-31(33)32-13-5-7-15-34(32)41/h1-32H;1-30H;1-26H. The SMILES string of the molecule is c1ccc(-c2ccc(-c3ccc(-c4ccc5c(c4)Oc4ccccc4C54c5ccccc5-c5ccccc54)cc3)nn2)cc1.c1ccc(-c2ccc(-c3nc(-c4ccc(-c5ccc6c(c5)Oc5ccccc5C65c6ccccc6-c6ccccc65)cc4)nc4ccccc34)cc2)cc1.c1ccc2c(c1)Oc1cc(-c3ccc(-c4nc(-c5cccc6ccccc56)c5ccccc5n4)cc3)ccc1C21c2ccccc2-c2ccccc21. The molecule has 0 amide bonds. The maximum absolute atomic E-state index is 6.76. The fraction of sp³-hybridized carbons (Fsp3) is 0.0213. The Balaban J connectivity index is 0.000000106. The van der Waals surface area contributed by atoms with E-state index in [-0.39, 0.29) is 0 Å². The van der Waals surface area contributed by atoms with Gasteiger partial charge in [0.25, 0.3) is 0 Å². The van der Waals surface area contributed by atoms with Crippen LogP contribution in [-0.4, -0.2) is 30.1 Å². The zero-order valence-electron chi connectivity index (χ0n) is 81.2. The summed E-state index contributed by atoms with van der Waals surface area (Å²) in [6.45, 7) is 0. The van der Waals surface area contributed by atoms with Crippen molar-refractivity contribution in [3.8, 4) is 180 Å². The molecule has 25 aromatic rings. The number of nitrogens with zero attached hydrogens (tertiary/aromatic N) is 6. The predicted octanol–water partition coefficient (Wildman–Crippen LogP) is 35.0. The van der Waals surface area contributed by atoms with Gasteiger partial charge in [0.05, 0.1) is 50.1 Å². The number of para-hydroxylation sites is 5. The van der Waals surface area contributed by atoms with Crippen molar-refractivity contribution >= 4 is 32.6 Å². The van der Waals surface area contributed by atoms with E-state index < -0.39 is 16.2 Å². The lowest BCUT2D eigenvalue weighted by molar-refractivity contribution is 0.436. The molecular formula is C141H88N6O3. The summed E-state index contributed by atoms with van der Waals surface area (Å²) < 4.78 is 20.2. The van der Waals surface area contributed by atoms with Crippen molar-refractivity contribution < 1.29 is 14.2 Å². The molecule has 22 aromatic carbocycles. The van der Waals surface area contributed by atoms with Crippen molar-refractivity contribution in [1.29, 1.82) is 0 Å². The largest absolute Gasteiger partial charge is 0.457 e. The van der Waals surface area contributed by atoms with Gasteiger partial charge in [-0.3, -0.25) is 0 Å². The first-order valence-corrected chi connectivity index (χ1v) is 51.1. The number of ether oxygens (including phenoxy) is 3. The molecule has 9 heteroatoms. The Labute approximate surface area is 867 Å². The Morgan fingerprint density at radius 3 is 0.787 bits per heavy atom. The minimum Gasteiger partial charge on any atom is -0.457 e. The summed E-state index contributed by atoms with van der Waals surface area (Å²) in [6, 6.07) is 189. The average molecular weight is 1910 g/mol. The van der Waals surface area contributed by atoms with Gasteiger partial charge in [-0.05, 0) is 183 Å². The summed E-state index contributed by atoms with van der Waals surface area (Å²) in [6.07, 6.45) is 0. The molecule has 3 aliphatic heterocycles. The molecule has 0 N–H and O–H groups in total. The van der Waals surface area contributed by atoms with Crippen molar-refractivity contribution in [3.05, 3.63) is 601 Å². The van der Waals surface area contributed by atoms with Crippen LogP contribution in [0.2, 0.25) is 0 Å². The molecule has 3 aromatic heterocycles. The average Bonchev–Trinajstić information content (AvgIpc) is 1.52. The molecule has 0 unspecified atom stereocenters.